The van der Waals surface area contributed by atoms with Gasteiger partial charge in [-0.25, -0.2) is 0 Å². The first-order chi connectivity index (χ1) is 11.5. The molecule has 2 aromatic rings. The molecular weight excluding hydrogens is 347 g/mol. The third kappa shape index (κ3) is 3.37. The molecule has 126 valence electrons. The predicted molar refractivity (Wildman–Crippen MR) is 96.6 cm³/mol. The van der Waals surface area contributed by atoms with Crippen LogP contribution in [0.3, 0.4) is 0 Å². The molecule has 0 heterocycles. The van der Waals surface area contributed by atoms with E-state index in [1.54, 1.807) is 48.5 Å². The van der Waals surface area contributed by atoms with E-state index in [1.807, 2.05) is 0 Å². The average Bonchev–Trinajstić information content (AvgIpc) is 2.65. The van der Waals surface area contributed by atoms with E-state index in [-0.39, 0.29) is 18.3 Å². The fraction of sp³-hybridized carbons (Fsp3) is 0.222. The van der Waals surface area contributed by atoms with Gasteiger partial charge in [0, 0.05) is 29.4 Å². The minimum absolute atomic E-state index is 0.134. The van der Waals surface area contributed by atoms with Gasteiger partial charge in [0.05, 0.1) is 0 Å². The second kappa shape index (κ2) is 7.90. The van der Waals surface area contributed by atoms with Gasteiger partial charge in [-0.2, -0.15) is 0 Å². The van der Waals surface area contributed by atoms with Crippen LogP contribution in [0.4, 0.5) is 0 Å². The number of carbonyl (C=O) groups is 2. The molecule has 0 bridgehead atoms. The maximum Gasteiger partial charge on any atom is 0.192 e. The Hall–Kier alpha value is -1.72. The summed E-state index contributed by atoms with van der Waals surface area (Å²) in [6.45, 7) is -0.322. The second-order valence-electron chi connectivity index (χ2n) is 5.42. The van der Waals surface area contributed by atoms with E-state index in [1.165, 1.54) is 0 Å². The molecule has 0 saturated carbocycles. The third-order valence-electron chi connectivity index (χ3n) is 3.94. The van der Waals surface area contributed by atoms with Crippen molar-refractivity contribution in [3.8, 4) is 0 Å². The molecule has 0 amide bonds. The molecule has 0 saturated heterocycles. The molecule has 0 unspecified atom stereocenters. The Labute approximate surface area is 150 Å². The van der Waals surface area contributed by atoms with Crippen molar-refractivity contribution in [3.05, 3.63) is 70.8 Å². The van der Waals surface area contributed by atoms with E-state index < -0.39 is 17.1 Å². The Balaban J connectivity index is 2.51. The number of nitrogens with two attached hydrogens (primary N) is 2. The number of halogens is 2. The summed E-state index contributed by atoms with van der Waals surface area (Å²) in [6, 6.07) is 13.5. The normalized spacial score (nSPS) is 11.3. The van der Waals surface area contributed by atoms with Gasteiger partial charge in [-0.15, -0.1) is 23.2 Å². The van der Waals surface area contributed by atoms with Crippen molar-refractivity contribution in [1.82, 2.24) is 0 Å². The SMILES string of the molecule is NCC(N)(C(=O)c1ccccc1CCl)C(=O)c1ccccc1CCl. The van der Waals surface area contributed by atoms with Crippen molar-refractivity contribution in [3.63, 3.8) is 0 Å². The largest absolute Gasteiger partial charge is 0.328 e. The molecule has 24 heavy (non-hydrogen) atoms. The van der Waals surface area contributed by atoms with Crippen molar-refractivity contribution >= 4 is 34.8 Å². The molecule has 0 spiro atoms. The van der Waals surface area contributed by atoms with E-state index >= 15 is 0 Å². The first-order valence-electron chi connectivity index (χ1n) is 7.36. The first-order valence-corrected chi connectivity index (χ1v) is 8.42. The van der Waals surface area contributed by atoms with E-state index in [0.29, 0.717) is 22.3 Å². The van der Waals surface area contributed by atoms with E-state index in [0.717, 1.165) is 0 Å². The van der Waals surface area contributed by atoms with Gasteiger partial charge >= 0.3 is 0 Å². The number of ketones is 2. The van der Waals surface area contributed by atoms with Gasteiger partial charge in [-0.1, -0.05) is 48.5 Å². The van der Waals surface area contributed by atoms with Crippen LogP contribution in [0, 0.1) is 0 Å². The van der Waals surface area contributed by atoms with Crippen molar-refractivity contribution in [2.75, 3.05) is 6.54 Å². The maximum absolute atomic E-state index is 13.0. The summed E-state index contributed by atoms with van der Waals surface area (Å²) in [5, 5.41) is 0. The Morgan fingerprint density at radius 2 is 1.21 bits per heavy atom. The zero-order valence-corrected chi connectivity index (χ0v) is 14.5. The zero-order chi connectivity index (χ0) is 17.7. The Morgan fingerprint density at radius 3 is 1.54 bits per heavy atom. The van der Waals surface area contributed by atoms with Gasteiger partial charge in [0.15, 0.2) is 17.1 Å². The van der Waals surface area contributed by atoms with Crippen LogP contribution in [-0.4, -0.2) is 23.7 Å². The van der Waals surface area contributed by atoms with Gasteiger partial charge in [0.1, 0.15) is 0 Å². The van der Waals surface area contributed by atoms with Crippen molar-refractivity contribution < 1.29 is 9.59 Å². The third-order valence-corrected chi connectivity index (χ3v) is 4.52. The Bertz CT molecular complexity index is 703. The minimum atomic E-state index is -1.87. The summed E-state index contributed by atoms with van der Waals surface area (Å²) in [5.74, 6) is -0.824. The van der Waals surface area contributed by atoms with Crippen LogP contribution in [0.15, 0.2) is 48.5 Å². The van der Waals surface area contributed by atoms with E-state index in [4.69, 9.17) is 34.7 Å². The smallest absolute Gasteiger partial charge is 0.192 e. The summed E-state index contributed by atoms with van der Waals surface area (Å²) in [4.78, 5) is 25.9. The van der Waals surface area contributed by atoms with Crippen LogP contribution in [0.1, 0.15) is 31.8 Å². The van der Waals surface area contributed by atoms with Crippen LogP contribution >= 0.6 is 23.2 Å². The topological polar surface area (TPSA) is 86.2 Å². The Morgan fingerprint density at radius 1 is 0.833 bits per heavy atom. The Kier molecular flexibility index (Phi) is 6.13. The quantitative estimate of drug-likeness (QED) is 0.449. The number of benzene rings is 2. The summed E-state index contributed by atoms with van der Waals surface area (Å²) < 4.78 is 0. The number of rotatable bonds is 7. The molecular formula is C18H18Cl2N2O2. The monoisotopic (exact) mass is 364 g/mol. The lowest BCUT2D eigenvalue weighted by Gasteiger charge is -2.26. The summed E-state index contributed by atoms with van der Waals surface area (Å²) in [6.07, 6.45) is 0. The van der Waals surface area contributed by atoms with Gasteiger partial charge < -0.3 is 11.5 Å². The number of alkyl halides is 2. The molecule has 0 radical (unpaired) electrons. The summed E-state index contributed by atoms with van der Waals surface area (Å²) in [5.41, 5.74) is 11.9. The highest BCUT2D eigenvalue weighted by atomic mass is 35.5. The van der Waals surface area contributed by atoms with Crippen LogP contribution in [0.25, 0.3) is 0 Å². The molecule has 0 fully saturated rings. The highest BCUT2D eigenvalue weighted by Crippen LogP contribution is 2.23. The van der Waals surface area contributed by atoms with Gasteiger partial charge in [0.25, 0.3) is 0 Å². The van der Waals surface area contributed by atoms with Gasteiger partial charge in [-0.05, 0) is 11.1 Å². The standard InChI is InChI=1S/C18H18Cl2N2O2/c19-9-12-5-1-3-7-14(12)16(23)18(22,11-21)17(24)15-8-4-2-6-13(15)10-20/h1-8H,9-11,21-22H2. The van der Waals surface area contributed by atoms with Crippen molar-refractivity contribution in [1.29, 1.82) is 0 Å². The second-order valence-corrected chi connectivity index (χ2v) is 5.95. The van der Waals surface area contributed by atoms with Gasteiger partial charge in [0.2, 0.25) is 0 Å². The fourth-order valence-electron chi connectivity index (χ4n) is 2.49. The van der Waals surface area contributed by atoms with E-state index in [9.17, 15) is 9.59 Å². The first kappa shape index (κ1) is 18.6. The fourth-order valence-corrected chi connectivity index (χ4v) is 2.95. The summed E-state index contributed by atoms with van der Waals surface area (Å²) in [7, 11) is 0. The molecule has 0 aliphatic heterocycles. The molecule has 6 heteroatoms. The molecule has 2 aromatic carbocycles. The number of carbonyl (C=O) groups excluding carboxylic acids is 2. The minimum Gasteiger partial charge on any atom is -0.328 e. The van der Waals surface area contributed by atoms with E-state index in [2.05, 4.69) is 0 Å². The predicted octanol–water partition coefficient (Wildman–Crippen LogP) is 2.89. The maximum atomic E-state index is 13.0. The number of hydrogen-bond donors (Lipinski definition) is 2. The number of hydrogen-bond acceptors (Lipinski definition) is 4. The summed E-state index contributed by atoms with van der Waals surface area (Å²) >= 11 is 11.8. The molecule has 4 N–H and O–H groups in total. The van der Waals surface area contributed by atoms with Crippen LogP contribution in [-0.2, 0) is 11.8 Å². The number of Topliss-reactive ketones (excluding diaryl/α,β-unsaturated/α-hetero) is 2. The molecule has 0 atom stereocenters. The molecule has 0 aliphatic carbocycles. The lowest BCUT2D eigenvalue weighted by Crippen LogP contribution is -2.60. The molecule has 0 aromatic heterocycles. The van der Waals surface area contributed by atoms with Crippen LogP contribution in [0.2, 0.25) is 0 Å². The average molecular weight is 365 g/mol. The van der Waals surface area contributed by atoms with Crippen LogP contribution in [0.5, 0.6) is 0 Å². The highest BCUT2D eigenvalue weighted by molar-refractivity contribution is 6.26. The highest BCUT2D eigenvalue weighted by Gasteiger charge is 2.42. The van der Waals surface area contributed by atoms with Crippen molar-refractivity contribution in [2.45, 2.75) is 17.3 Å². The molecule has 0 aliphatic rings. The lowest BCUT2D eigenvalue weighted by molar-refractivity contribution is 0.0775. The zero-order valence-electron chi connectivity index (χ0n) is 13.0. The van der Waals surface area contributed by atoms with Crippen LogP contribution < -0.4 is 11.5 Å². The lowest BCUT2D eigenvalue weighted by atomic mass is 9.81. The van der Waals surface area contributed by atoms with Gasteiger partial charge in [-0.3, -0.25) is 9.59 Å². The molecule has 4 nitrogen and oxygen atoms in total. The molecule has 2 rings (SSSR count). The van der Waals surface area contributed by atoms with Crippen molar-refractivity contribution in [2.24, 2.45) is 11.5 Å².